The Hall–Kier alpha value is -0.100. The van der Waals surface area contributed by atoms with Crippen molar-refractivity contribution >= 4 is 31.7 Å². The van der Waals surface area contributed by atoms with Gasteiger partial charge >= 0.3 is 0 Å². The van der Waals surface area contributed by atoms with Crippen LogP contribution in [0.2, 0.25) is 0 Å². The Kier molecular flexibility index (Phi) is 3.50. The summed E-state index contributed by atoms with van der Waals surface area (Å²) in [5.74, 6) is -0.299. The van der Waals surface area contributed by atoms with E-state index in [0.717, 1.165) is 12.7 Å². The van der Waals surface area contributed by atoms with E-state index in [4.69, 9.17) is 0 Å². The third-order valence-electron chi connectivity index (χ3n) is 2.86. The fourth-order valence-corrected chi connectivity index (χ4v) is 2.44. The van der Waals surface area contributed by atoms with Gasteiger partial charge in [0.2, 0.25) is 5.91 Å². The zero-order valence-corrected chi connectivity index (χ0v) is 11.6. The summed E-state index contributed by atoms with van der Waals surface area (Å²) in [5, 5.41) is 0. The zero-order chi connectivity index (χ0) is 11.9. The second kappa shape index (κ2) is 4.05. The molecule has 1 aliphatic rings. The second-order valence-corrected chi connectivity index (χ2v) is 8.28. The molecule has 0 spiro atoms. The van der Waals surface area contributed by atoms with Crippen LogP contribution in [0.15, 0.2) is 0 Å². The van der Waals surface area contributed by atoms with Crippen LogP contribution in [-0.4, -0.2) is 48.1 Å². The van der Waals surface area contributed by atoms with Crippen molar-refractivity contribution in [2.45, 2.75) is 29.8 Å². The largest absolute Gasteiger partial charge is 0.340 e. The molecule has 1 heterocycles. The molecule has 0 saturated carbocycles. The van der Waals surface area contributed by atoms with Crippen LogP contribution in [-0.2, 0) is 14.6 Å². The lowest BCUT2D eigenvalue weighted by atomic mass is 10.2. The first kappa shape index (κ1) is 13.0. The SMILES string of the molecule is CC(C)(C(=O)N1CCC(Br)C1)S(C)(=O)=O. The molecule has 1 rings (SSSR count). The van der Waals surface area contributed by atoms with Crippen molar-refractivity contribution in [1.29, 1.82) is 0 Å². The maximum Gasteiger partial charge on any atom is 0.243 e. The van der Waals surface area contributed by atoms with E-state index in [-0.39, 0.29) is 10.7 Å². The van der Waals surface area contributed by atoms with E-state index in [1.54, 1.807) is 4.90 Å². The molecule has 6 heteroatoms. The first-order valence-electron chi connectivity index (χ1n) is 4.79. The van der Waals surface area contributed by atoms with Crippen molar-refractivity contribution in [1.82, 2.24) is 4.90 Å². The van der Waals surface area contributed by atoms with Gasteiger partial charge in [-0.3, -0.25) is 4.79 Å². The van der Waals surface area contributed by atoms with Crippen molar-refractivity contribution in [3.8, 4) is 0 Å². The van der Waals surface area contributed by atoms with Gasteiger partial charge in [-0.1, -0.05) is 15.9 Å². The summed E-state index contributed by atoms with van der Waals surface area (Å²) in [4.78, 5) is 13.9. The van der Waals surface area contributed by atoms with E-state index >= 15 is 0 Å². The van der Waals surface area contributed by atoms with Crippen LogP contribution >= 0.6 is 15.9 Å². The quantitative estimate of drug-likeness (QED) is 0.709. The van der Waals surface area contributed by atoms with Crippen molar-refractivity contribution < 1.29 is 13.2 Å². The van der Waals surface area contributed by atoms with Crippen LogP contribution < -0.4 is 0 Å². The highest BCUT2D eigenvalue weighted by atomic mass is 79.9. The molecule has 1 saturated heterocycles. The van der Waals surface area contributed by atoms with Crippen molar-refractivity contribution in [2.24, 2.45) is 0 Å². The lowest BCUT2D eigenvalue weighted by molar-refractivity contribution is -0.132. The second-order valence-electron chi connectivity index (χ2n) is 4.42. The maximum absolute atomic E-state index is 12.0. The number of carbonyl (C=O) groups excluding carboxylic acids is 1. The number of alkyl halides is 1. The average Bonchev–Trinajstić information content (AvgIpc) is 2.48. The number of hydrogen-bond acceptors (Lipinski definition) is 3. The number of carbonyl (C=O) groups is 1. The zero-order valence-electron chi connectivity index (χ0n) is 9.16. The molecule has 0 aliphatic carbocycles. The Balaban J connectivity index is 2.86. The Morgan fingerprint density at radius 2 is 2.00 bits per heavy atom. The molecule has 1 unspecified atom stereocenters. The first-order valence-corrected chi connectivity index (χ1v) is 7.60. The molecule has 1 amide bonds. The minimum Gasteiger partial charge on any atom is -0.340 e. The maximum atomic E-state index is 12.0. The van der Waals surface area contributed by atoms with Gasteiger partial charge in [0.15, 0.2) is 9.84 Å². The molecule has 1 aliphatic heterocycles. The molecule has 0 radical (unpaired) electrons. The third-order valence-corrected chi connectivity index (χ3v) is 5.64. The van der Waals surface area contributed by atoms with E-state index < -0.39 is 14.6 Å². The monoisotopic (exact) mass is 297 g/mol. The van der Waals surface area contributed by atoms with Gasteiger partial charge < -0.3 is 4.90 Å². The lowest BCUT2D eigenvalue weighted by Gasteiger charge is -2.27. The Labute approximate surface area is 99.1 Å². The molecule has 4 nitrogen and oxygen atoms in total. The molecule has 0 aromatic carbocycles. The van der Waals surface area contributed by atoms with E-state index in [9.17, 15) is 13.2 Å². The summed E-state index contributed by atoms with van der Waals surface area (Å²) >= 11 is 3.42. The van der Waals surface area contributed by atoms with Gasteiger partial charge in [0.25, 0.3) is 0 Å². The number of halogens is 1. The van der Waals surface area contributed by atoms with Gasteiger partial charge in [-0.05, 0) is 20.3 Å². The highest BCUT2D eigenvalue weighted by Crippen LogP contribution is 2.24. The summed E-state index contributed by atoms with van der Waals surface area (Å²) in [6.07, 6.45) is 1.98. The Morgan fingerprint density at radius 3 is 2.33 bits per heavy atom. The molecular weight excluding hydrogens is 282 g/mol. The minimum atomic E-state index is -3.36. The number of sulfone groups is 1. The van der Waals surface area contributed by atoms with Crippen molar-refractivity contribution in [3.05, 3.63) is 0 Å². The first-order chi connectivity index (χ1) is 6.66. The molecule has 0 aromatic heterocycles. The predicted molar refractivity (Wildman–Crippen MR) is 62.8 cm³/mol. The summed E-state index contributed by atoms with van der Waals surface area (Å²) in [6.45, 7) is 4.16. The van der Waals surface area contributed by atoms with E-state index in [0.29, 0.717) is 13.1 Å². The van der Waals surface area contributed by atoms with Crippen molar-refractivity contribution in [3.63, 3.8) is 0 Å². The van der Waals surface area contributed by atoms with Crippen LogP contribution in [0.4, 0.5) is 0 Å². The summed E-state index contributed by atoms with van der Waals surface area (Å²) < 4.78 is 21.6. The predicted octanol–water partition coefficient (Wildman–Crippen LogP) is 0.805. The number of hydrogen-bond donors (Lipinski definition) is 0. The Bertz CT molecular complexity index is 364. The standard InChI is InChI=1S/C9H16BrNO3S/c1-9(2,15(3,13)14)8(12)11-5-4-7(10)6-11/h7H,4-6H2,1-3H3. The normalized spacial score (nSPS) is 23.2. The Morgan fingerprint density at radius 1 is 1.47 bits per heavy atom. The van der Waals surface area contributed by atoms with E-state index in [1.807, 2.05) is 0 Å². The molecular formula is C9H16BrNO3S. The fraction of sp³-hybridized carbons (Fsp3) is 0.889. The van der Waals surface area contributed by atoms with Gasteiger partial charge in [0, 0.05) is 24.2 Å². The molecule has 1 atom stereocenters. The highest BCUT2D eigenvalue weighted by Gasteiger charge is 2.42. The van der Waals surface area contributed by atoms with Crippen LogP contribution in [0.3, 0.4) is 0 Å². The number of likely N-dealkylation sites (tertiary alicyclic amines) is 1. The third kappa shape index (κ3) is 2.53. The number of amides is 1. The number of nitrogens with zero attached hydrogens (tertiary/aromatic N) is 1. The summed E-state index contributed by atoms with van der Waals surface area (Å²) in [6, 6.07) is 0. The fourth-order valence-electron chi connectivity index (χ4n) is 1.44. The van der Waals surface area contributed by atoms with Gasteiger partial charge in [0.1, 0.15) is 4.75 Å². The summed E-state index contributed by atoms with van der Waals surface area (Å²) in [7, 11) is -3.36. The molecule has 0 aromatic rings. The topological polar surface area (TPSA) is 54.5 Å². The molecule has 88 valence electrons. The van der Waals surface area contributed by atoms with Crippen molar-refractivity contribution in [2.75, 3.05) is 19.3 Å². The van der Waals surface area contributed by atoms with Crippen LogP contribution in [0.1, 0.15) is 20.3 Å². The minimum absolute atomic E-state index is 0.289. The smallest absolute Gasteiger partial charge is 0.243 e. The van der Waals surface area contributed by atoms with E-state index in [1.165, 1.54) is 13.8 Å². The average molecular weight is 298 g/mol. The highest BCUT2D eigenvalue weighted by molar-refractivity contribution is 9.09. The van der Waals surface area contributed by atoms with Gasteiger partial charge in [0.05, 0.1) is 0 Å². The summed E-state index contributed by atoms with van der Waals surface area (Å²) in [5.41, 5.74) is 0. The number of rotatable bonds is 2. The van der Waals surface area contributed by atoms with Crippen LogP contribution in [0, 0.1) is 0 Å². The molecule has 0 bridgehead atoms. The van der Waals surface area contributed by atoms with Gasteiger partial charge in [-0.15, -0.1) is 0 Å². The molecule has 15 heavy (non-hydrogen) atoms. The van der Waals surface area contributed by atoms with Gasteiger partial charge in [-0.25, -0.2) is 8.42 Å². The van der Waals surface area contributed by atoms with Crippen LogP contribution in [0.25, 0.3) is 0 Å². The molecule has 1 fully saturated rings. The van der Waals surface area contributed by atoms with Gasteiger partial charge in [-0.2, -0.15) is 0 Å². The molecule has 0 N–H and O–H groups in total. The van der Waals surface area contributed by atoms with Crippen LogP contribution in [0.5, 0.6) is 0 Å². The lowest BCUT2D eigenvalue weighted by Crippen LogP contribution is -2.48. The van der Waals surface area contributed by atoms with E-state index in [2.05, 4.69) is 15.9 Å².